The molecule has 2 nitrogen and oxygen atoms in total. The highest BCUT2D eigenvalue weighted by molar-refractivity contribution is 5.18. The average Bonchev–Trinajstić information content (AvgIpc) is 2.79. The lowest BCUT2D eigenvalue weighted by Crippen LogP contribution is -2.34. The maximum atomic E-state index is 6.20. The van der Waals surface area contributed by atoms with Crippen molar-refractivity contribution in [2.45, 2.75) is 44.5 Å². The summed E-state index contributed by atoms with van der Waals surface area (Å²) >= 11 is 0. The first-order valence-corrected chi connectivity index (χ1v) is 6.64. The zero-order valence-corrected chi connectivity index (χ0v) is 10.4. The topological polar surface area (TPSA) is 18.5 Å². The molecule has 2 heteroatoms. The Morgan fingerprint density at radius 1 is 1.12 bits per heavy atom. The Hall–Kier alpha value is -0.860. The van der Waals surface area contributed by atoms with Gasteiger partial charge >= 0.3 is 0 Å². The standard InChI is InChI=1S/C15H20O2/c1-12-7-9-15(10-8-12)16-11-14(17-15)13-5-3-2-4-6-13/h2-6,12,14H,7-11H2,1H3. The lowest BCUT2D eigenvalue weighted by Gasteiger charge is -2.34. The average molecular weight is 232 g/mol. The molecule has 1 saturated carbocycles. The molecule has 1 aromatic rings. The highest BCUT2D eigenvalue weighted by Gasteiger charge is 2.43. The summed E-state index contributed by atoms with van der Waals surface area (Å²) in [5.74, 6) is 0.552. The van der Waals surface area contributed by atoms with Gasteiger partial charge in [0.1, 0.15) is 6.10 Å². The van der Waals surface area contributed by atoms with Crippen molar-refractivity contribution in [3.8, 4) is 0 Å². The van der Waals surface area contributed by atoms with E-state index in [-0.39, 0.29) is 11.9 Å². The molecule has 0 amide bonds. The maximum Gasteiger partial charge on any atom is 0.169 e. The quantitative estimate of drug-likeness (QED) is 0.735. The van der Waals surface area contributed by atoms with Gasteiger partial charge in [0.25, 0.3) is 0 Å². The molecule has 0 bridgehead atoms. The number of hydrogen-bond donors (Lipinski definition) is 0. The van der Waals surface area contributed by atoms with Crippen molar-refractivity contribution in [1.82, 2.24) is 0 Å². The highest BCUT2D eigenvalue weighted by Crippen LogP contribution is 2.43. The van der Waals surface area contributed by atoms with Gasteiger partial charge in [-0.1, -0.05) is 37.3 Å². The van der Waals surface area contributed by atoms with Crippen molar-refractivity contribution in [1.29, 1.82) is 0 Å². The summed E-state index contributed by atoms with van der Waals surface area (Å²) in [7, 11) is 0. The summed E-state index contributed by atoms with van der Waals surface area (Å²) in [6.07, 6.45) is 4.68. The normalized spacial score (nSPS) is 37.5. The van der Waals surface area contributed by atoms with Crippen molar-refractivity contribution >= 4 is 0 Å². The largest absolute Gasteiger partial charge is 0.347 e. The first-order valence-electron chi connectivity index (χ1n) is 6.64. The van der Waals surface area contributed by atoms with Gasteiger partial charge in [-0.15, -0.1) is 0 Å². The monoisotopic (exact) mass is 232 g/mol. The van der Waals surface area contributed by atoms with Gasteiger partial charge in [-0.3, -0.25) is 0 Å². The molecule has 1 aromatic carbocycles. The van der Waals surface area contributed by atoms with Gasteiger partial charge < -0.3 is 9.47 Å². The van der Waals surface area contributed by atoms with Crippen LogP contribution in [0.1, 0.15) is 44.3 Å². The van der Waals surface area contributed by atoms with E-state index in [0.29, 0.717) is 6.61 Å². The zero-order chi connectivity index (χ0) is 11.7. The van der Waals surface area contributed by atoms with Gasteiger partial charge in [0, 0.05) is 12.8 Å². The fraction of sp³-hybridized carbons (Fsp3) is 0.600. The molecule has 0 aromatic heterocycles. The van der Waals surface area contributed by atoms with Gasteiger partial charge in [0.15, 0.2) is 5.79 Å². The first kappa shape index (κ1) is 11.2. The van der Waals surface area contributed by atoms with Crippen LogP contribution in [0, 0.1) is 5.92 Å². The van der Waals surface area contributed by atoms with E-state index < -0.39 is 0 Å². The number of ether oxygens (including phenoxy) is 2. The van der Waals surface area contributed by atoms with E-state index in [1.165, 1.54) is 18.4 Å². The summed E-state index contributed by atoms with van der Waals surface area (Å²) in [6.45, 7) is 3.02. The first-order chi connectivity index (χ1) is 8.27. The van der Waals surface area contributed by atoms with Gasteiger partial charge in [0.2, 0.25) is 0 Å². The third-order valence-electron chi connectivity index (χ3n) is 4.06. The smallest absolute Gasteiger partial charge is 0.169 e. The van der Waals surface area contributed by atoms with Gasteiger partial charge in [-0.25, -0.2) is 0 Å². The van der Waals surface area contributed by atoms with Crippen LogP contribution >= 0.6 is 0 Å². The molecule has 1 aliphatic carbocycles. The summed E-state index contributed by atoms with van der Waals surface area (Å²) < 4.78 is 12.2. The van der Waals surface area contributed by atoms with Crippen molar-refractivity contribution < 1.29 is 9.47 Å². The van der Waals surface area contributed by atoms with Crippen molar-refractivity contribution in [2.75, 3.05) is 6.61 Å². The molecule has 17 heavy (non-hydrogen) atoms. The van der Waals surface area contributed by atoms with Gasteiger partial charge in [0.05, 0.1) is 6.61 Å². The van der Waals surface area contributed by atoms with E-state index in [2.05, 4.69) is 31.2 Å². The van der Waals surface area contributed by atoms with Crippen LogP contribution in [0.25, 0.3) is 0 Å². The van der Waals surface area contributed by atoms with Crippen LogP contribution in [0.2, 0.25) is 0 Å². The second-order valence-corrected chi connectivity index (χ2v) is 5.42. The van der Waals surface area contributed by atoms with Crippen LogP contribution in [0.15, 0.2) is 30.3 Å². The summed E-state index contributed by atoms with van der Waals surface area (Å²) in [6, 6.07) is 10.4. The SMILES string of the molecule is CC1CCC2(CC1)OCC(c1ccccc1)O2. The Kier molecular flexibility index (Phi) is 2.93. The molecular weight excluding hydrogens is 212 g/mol. The van der Waals surface area contributed by atoms with Crippen LogP contribution < -0.4 is 0 Å². The Morgan fingerprint density at radius 3 is 2.53 bits per heavy atom. The molecule has 2 fully saturated rings. The molecule has 1 unspecified atom stereocenters. The molecule has 1 spiro atoms. The van der Waals surface area contributed by atoms with Crippen molar-refractivity contribution in [2.24, 2.45) is 5.92 Å². The Morgan fingerprint density at radius 2 is 1.82 bits per heavy atom. The molecular formula is C15H20O2. The highest BCUT2D eigenvalue weighted by atomic mass is 16.7. The Bertz CT molecular complexity index is 366. The Balaban J connectivity index is 1.70. The van der Waals surface area contributed by atoms with Crippen LogP contribution in [0.5, 0.6) is 0 Å². The van der Waals surface area contributed by atoms with E-state index in [4.69, 9.17) is 9.47 Å². The molecule has 1 aliphatic heterocycles. The van der Waals surface area contributed by atoms with E-state index in [0.717, 1.165) is 18.8 Å². The minimum Gasteiger partial charge on any atom is -0.347 e. The Labute approximate surface area is 103 Å². The van der Waals surface area contributed by atoms with Crippen molar-refractivity contribution in [3.63, 3.8) is 0 Å². The molecule has 1 saturated heterocycles. The van der Waals surface area contributed by atoms with E-state index in [1.54, 1.807) is 0 Å². The van der Waals surface area contributed by atoms with Crippen molar-refractivity contribution in [3.05, 3.63) is 35.9 Å². The van der Waals surface area contributed by atoms with Crippen LogP contribution in [0.4, 0.5) is 0 Å². The fourth-order valence-corrected chi connectivity index (χ4v) is 2.85. The van der Waals surface area contributed by atoms with E-state index >= 15 is 0 Å². The van der Waals surface area contributed by atoms with Crippen LogP contribution in [0.3, 0.4) is 0 Å². The molecule has 1 heterocycles. The predicted molar refractivity (Wildman–Crippen MR) is 66.6 cm³/mol. The van der Waals surface area contributed by atoms with Crippen LogP contribution in [-0.2, 0) is 9.47 Å². The lowest BCUT2D eigenvalue weighted by molar-refractivity contribution is -0.192. The number of benzene rings is 1. The summed E-state index contributed by atoms with van der Waals surface area (Å²) in [5, 5.41) is 0. The van der Waals surface area contributed by atoms with Crippen LogP contribution in [-0.4, -0.2) is 12.4 Å². The second-order valence-electron chi connectivity index (χ2n) is 5.42. The minimum absolute atomic E-state index is 0.129. The fourth-order valence-electron chi connectivity index (χ4n) is 2.85. The third kappa shape index (κ3) is 2.24. The molecule has 3 rings (SSSR count). The molecule has 0 N–H and O–H groups in total. The number of hydrogen-bond acceptors (Lipinski definition) is 2. The van der Waals surface area contributed by atoms with E-state index in [9.17, 15) is 0 Å². The molecule has 1 atom stereocenters. The van der Waals surface area contributed by atoms with Gasteiger partial charge in [-0.2, -0.15) is 0 Å². The third-order valence-corrected chi connectivity index (χ3v) is 4.06. The molecule has 2 aliphatic rings. The molecule has 92 valence electrons. The summed E-state index contributed by atoms with van der Waals surface area (Å²) in [4.78, 5) is 0. The van der Waals surface area contributed by atoms with E-state index in [1.807, 2.05) is 6.07 Å². The zero-order valence-electron chi connectivity index (χ0n) is 10.4. The summed E-state index contributed by atoms with van der Waals surface area (Å²) in [5.41, 5.74) is 1.24. The van der Waals surface area contributed by atoms with Gasteiger partial charge in [-0.05, 0) is 24.3 Å². The lowest BCUT2D eigenvalue weighted by atomic mass is 9.86. The maximum absolute atomic E-state index is 6.20. The second kappa shape index (κ2) is 4.43. The predicted octanol–water partition coefficient (Wildman–Crippen LogP) is 3.68. The number of rotatable bonds is 1. The minimum atomic E-state index is -0.271. The molecule has 0 radical (unpaired) electrons.